The highest BCUT2D eigenvalue weighted by atomic mass is 16.3. The van der Waals surface area contributed by atoms with Gasteiger partial charge < -0.3 is 10.0 Å². The molecule has 1 fully saturated rings. The zero-order valence-electron chi connectivity index (χ0n) is 14.5. The number of quaternary nitrogens is 1. The molecule has 0 bridgehead atoms. The summed E-state index contributed by atoms with van der Waals surface area (Å²) in [6.07, 6.45) is 1.19. The fourth-order valence-corrected chi connectivity index (χ4v) is 3.41. The minimum atomic E-state index is -1.26. The highest BCUT2D eigenvalue weighted by molar-refractivity contribution is 5.44. The summed E-state index contributed by atoms with van der Waals surface area (Å²) in [4.78, 5) is 1.52. The predicted octanol–water partition coefficient (Wildman–Crippen LogP) is 2.10. The lowest BCUT2D eigenvalue weighted by Crippen LogP contribution is -3.11. The molecular formula is C22H26NO+. The molecule has 2 aromatic rings. The Morgan fingerprint density at radius 3 is 2.08 bits per heavy atom. The number of hydrogen-bond donors (Lipinski definition) is 2. The maximum atomic E-state index is 11.5. The smallest absolute Gasteiger partial charge is 0.176 e. The van der Waals surface area contributed by atoms with Gasteiger partial charge in [-0.25, -0.2) is 0 Å². The van der Waals surface area contributed by atoms with Gasteiger partial charge in [-0.2, -0.15) is 0 Å². The predicted molar refractivity (Wildman–Crippen MR) is 97.6 cm³/mol. The Labute approximate surface area is 145 Å². The molecule has 0 radical (unpaired) electrons. The van der Waals surface area contributed by atoms with E-state index in [9.17, 15) is 5.11 Å². The molecule has 1 aliphatic heterocycles. The second-order valence-electron chi connectivity index (χ2n) is 7.00. The average Bonchev–Trinajstić information content (AvgIpc) is 2.63. The largest absolute Gasteiger partial charge is 0.369 e. The van der Waals surface area contributed by atoms with Crippen LogP contribution >= 0.6 is 0 Å². The summed E-state index contributed by atoms with van der Waals surface area (Å²) in [5, 5.41) is 11.5. The molecule has 0 amide bonds. The number of likely N-dealkylation sites (tertiary alicyclic amines) is 1. The van der Waals surface area contributed by atoms with Crippen LogP contribution in [-0.2, 0) is 5.60 Å². The summed E-state index contributed by atoms with van der Waals surface area (Å²) in [7, 11) is 2.22. The SMILES string of the molecule is C[C@H]1CC[NH+](C)C[C@@H]1C#CC(O)(c1ccccc1)c1ccccc1. The van der Waals surface area contributed by atoms with Crippen LogP contribution in [-0.4, -0.2) is 25.2 Å². The van der Waals surface area contributed by atoms with Crippen LogP contribution in [0, 0.1) is 23.7 Å². The third-order valence-corrected chi connectivity index (χ3v) is 5.10. The molecule has 0 aromatic heterocycles. The first-order valence-electron chi connectivity index (χ1n) is 8.77. The molecule has 2 heteroatoms. The Morgan fingerprint density at radius 1 is 1.00 bits per heavy atom. The lowest BCUT2D eigenvalue weighted by Gasteiger charge is -2.30. The van der Waals surface area contributed by atoms with Crippen molar-refractivity contribution in [2.45, 2.75) is 18.9 Å². The highest BCUT2D eigenvalue weighted by Gasteiger charge is 2.31. The Kier molecular flexibility index (Phi) is 5.04. The van der Waals surface area contributed by atoms with Crippen molar-refractivity contribution in [2.75, 3.05) is 20.1 Å². The molecule has 1 saturated heterocycles. The molecule has 3 atom stereocenters. The quantitative estimate of drug-likeness (QED) is 0.814. The topological polar surface area (TPSA) is 24.7 Å². The van der Waals surface area contributed by atoms with Crippen molar-refractivity contribution in [1.29, 1.82) is 0 Å². The number of piperidine rings is 1. The zero-order chi connectivity index (χ0) is 17.0. The Balaban J connectivity index is 1.99. The van der Waals surface area contributed by atoms with Gasteiger partial charge in [-0.05, 0) is 5.92 Å². The minimum absolute atomic E-state index is 0.331. The van der Waals surface area contributed by atoms with Crippen molar-refractivity contribution in [1.82, 2.24) is 0 Å². The standard InChI is InChI=1S/C22H25NO/c1-18-14-16-23(2)17-19(18)13-15-22(24,20-9-5-3-6-10-20)21-11-7-4-8-12-21/h3-12,18-19,24H,14,16-17H2,1-2H3/p+1/t18-,19-/m0/s1. The van der Waals surface area contributed by atoms with Gasteiger partial charge in [0.05, 0.1) is 26.1 Å². The lowest BCUT2D eigenvalue weighted by atomic mass is 9.84. The van der Waals surface area contributed by atoms with E-state index < -0.39 is 5.60 Å². The first-order chi connectivity index (χ1) is 11.6. The van der Waals surface area contributed by atoms with E-state index in [0.717, 1.165) is 17.7 Å². The van der Waals surface area contributed by atoms with Crippen LogP contribution in [0.2, 0.25) is 0 Å². The van der Waals surface area contributed by atoms with Gasteiger partial charge in [-0.1, -0.05) is 79.4 Å². The van der Waals surface area contributed by atoms with E-state index in [-0.39, 0.29) is 0 Å². The van der Waals surface area contributed by atoms with Crippen LogP contribution < -0.4 is 4.90 Å². The highest BCUT2D eigenvalue weighted by Crippen LogP contribution is 2.29. The summed E-state index contributed by atoms with van der Waals surface area (Å²) in [6.45, 7) is 4.53. The molecule has 124 valence electrons. The first kappa shape index (κ1) is 16.8. The van der Waals surface area contributed by atoms with E-state index in [1.165, 1.54) is 17.9 Å². The van der Waals surface area contributed by atoms with Gasteiger partial charge in [0, 0.05) is 17.5 Å². The van der Waals surface area contributed by atoms with Crippen molar-refractivity contribution in [2.24, 2.45) is 11.8 Å². The molecule has 24 heavy (non-hydrogen) atoms. The zero-order valence-corrected chi connectivity index (χ0v) is 14.5. The van der Waals surface area contributed by atoms with Crippen LogP contribution in [0.25, 0.3) is 0 Å². The second kappa shape index (κ2) is 7.21. The molecule has 3 rings (SSSR count). The van der Waals surface area contributed by atoms with E-state index in [4.69, 9.17) is 0 Å². The van der Waals surface area contributed by atoms with Crippen LogP contribution in [0.4, 0.5) is 0 Å². The maximum Gasteiger partial charge on any atom is 0.176 e. The molecule has 2 aromatic carbocycles. The second-order valence-corrected chi connectivity index (χ2v) is 7.00. The van der Waals surface area contributed by atoms with Gasteiger partial charge in [-0.3, -0.25) is 0 Å². The Morgan fingerprint density at radius 2 is 1.54 bits per heavy atom. The number of benzene rings is 2. The van der Waals surface area contributed by atoms with Crippen molar-refractivity contribution in [3.8, 4) is 11.8 Å². The molecule has 1 unspecified atom stereocenters. The molecule has 0 saturated carbocycles. The molecular weight excluding hydrogens is 294 g/mol. The molecule has 0 spiro atoms. The van der Waals surface area contributed by atoms with Gasteiger partial charge >= 0.3 is 0 Å². The molecule has 2 nitrogen and oxygen atoms in total. The number of hydrogen-bond acceptors (Lipinski definition) is 1. The van der Waals surface area contributed by atoms with E-state index in [2.05, 4.69) is 25.8 Å². The number of nitrogens with one attached hydrogen (secondary N) is 1. The summed E-state index contributed by atoms with van der Waals surface area (Å²) in [5.74, 6) is 7.57. The summed E-state index contributed by atoms with van der Waals surface area (Å²) in [5.41, 5.74) is 0.397. The van der Waals surface area contributed by atoms with E-state index in [1.807, 2.05) is 60.7 Å². The monoisotopic (exact) mass is 320 g/mol. The van der Waals surface area contributed by atoms with Crippen LogP contribution in [0.1, 0.15) is 24.5 Å². The van der Waals surface area contributed by atoms with Crippen molar-refractivity contribution in [3.63, 3.8) is 0 Å². The minimum Gasteiger partial charge on any atom is -0.369 e. The summed E-state index contributed by atoms with van der Waals surface area (Å²) in [6, 6.07) is 19.5. The molecule has 2 N–H and O–H groups in total. The number of aliphatic hydroxyl groups is 1. The normalized spacial score (nSPS) is 24.0. The average molecular weight is 320 g/mol. The summed E-state index contributed by atoms with van der Waals surface area (Å²) >= 11 is 0. The third kappa shape index (κ3) is 3.53. The fraction of sp³-hybridized carbons (Fsp3) is 0.364. The van der Waals surface area contributed by atoms with E-state index in [1.54, 1.807) is 0 Å². The first-order valence-corrected chi connectivity index (χ1v) is 8.77. The molecule has 1 aliphatic rings. The van der Waals surface area contributed by atoms with Gasteiger partial charge in [0.15, 0.2) is 5.60 Å². The Bertz CT molecular complexity index is 674. The van der Waals surface area contributed by atoms with Crippen molar-refractivity contribution >= 4 is 0 Å². The van der Waals surface area contributed by atoms with Gasteiger partial charge in [0.25, 0.3) is 0 Å². The van der Waals surface area contributed by atoms with E-state index >= 15 is 0 Å². The van der Waals surface area contributed by atoms with E-state index in [0.29, 0.717) is 11.8 Å². The van der Waals surface area contributed by atoms with Crippen LogP contribution in [0.3, 0.4) is 0 Å². The summed E-state index contributed by atoms with van der Waals surface area (Å²) < 4.78 is 0. The maximum absolute atomic E-state index is 11.5. The molecule has 0 aliphatic carbocycles. The van der Waals surface area contributed by atoms with Crippen LogP contribution in [0.5, 0.6) is 0 Å². The number of rotatable bonds is 2. The molecule has 1 heterocycles. The Hall–Kier alpha value is -2.08. The van der Waals surface area contributed by atoms with Crippen molar-refractivity contribution < 1.29 is 10.0 Å². The fourth-order valence-electron chi connectivity index (χ4n) is 3.41. The van der Waals surface area contributed by atoms with Gasteiger partial charge in [0.2, 0.25) is 0 Å². The van der Waals surface area contributed by atoms with Crippen molar-refractivity contribution in [3.05, 3.63) is 71.8 Å². The van der Waals surface area contributed by atoms with Gasteiger partial charge in [0.1, 0.15) is 0 Å². The van der Waals surface area contributed by atoms with Gasteiger partial charge in [-0.15, -0.1) is 0 Å². The lowest BCUT2D eigenvalue weighted by molar-refractivity contribution is -0.888. The third-order valence-electron chi connectivity index (χ3n) is 5.10. The van der Waals surface area contributed by atoms with Crippen LogP contribution in [0.15, 0.2) is 60.7 Å².